The Hall–Kier alpha value is -0.0800. The first-order valence-electron chi connectivity index (χ1n) is 8.09. The van der Waals surface area contributed by atoms with Crippen molar-refractivity contribution in [1.82, 2.24) is 15.5 Å². The minimum atomic E-state index is 0. The molecule has 0 aromatic heterocycles. The molecule has 0 spiro atoms. The van der Waals surface area contributed by atoms with Gasteiger partial charge in [-0.25, -0.2) is 0 Å². The van der Waals surface area contributed by atoms with Crippen LogP contribution in [0.25, 0.3) is 0 Å². The minimum absolute atomic E-state index is 0. The monoisotopic (exact) mass is 410 g/mol. The van der Waals surface area contributed by atoms with Crippen molar-refractivity contribution in [2.45, 2.75) is 38.6 Å². The highest BCUT2D eigenvalue weighted by Crippen LogP contribution is 2.31. The molecule has 5 nitrogen and oxygen atoms in total. The SMILES string of the molecule is CCOCCCNC(=NC)NCC1CCN(C2CC2)C1.I. The zero-order valence-corrected chi connectivity index (χ0v) is 15.8. The normalized spacial score (nSPS) is 23.0. The highest BCUT2D eigenvalue weighted by molar-refractivity contribution is 14.0. The van der Waals surface area contributed by atoms with Crippen LogP contribution >= 0.6 is 24.0 Å². The topological polar surface area (TPSA) is 48.9 Å². The van der Waals surface area contributed by atoms with Crippen molar-refractivity contribution in [2.75, 3.05) is 46.4 Å². The molecule has 1 unspecified atom stereocenters. The summed E-state index contributed by atoms with van der Waals surface area (Å²) in [7, 11) is 1.84. The van der Waals surface area contributed by atoms with Gasteiger partial charge in [-0.1, -0.05) is 0 Å². The van der Waals surface area contributed by atoms with Crippen LogP contribution < -0.4 is 10.6 Å². The molecule has 1 atom stereocenters. The smallest absolute Gasteiger partial charge is 0.190 e. The quantitative estimate of drug-likeness (QED) is 0.277. The van der Waals surface area contributed by atoms with E-state index in [1.165, 1.54) is 32.4 Å². The van der Waals surface area contributed by atoms with Gasteiger partial charge < -0.3 is 20.3 Å². The summed E-state index contributed by atoms with van der Waals surface area (Å²) < 4.78 is 5.32. The first-order chi connectivity index (χ1) is 9.83. The van der Waals surface area contributed by atoms with Crippen LogP contribution in [0.5, 0.6) is 0 Å². The number of ether oxygens (including phenoxy) is 1. The molecular weight excluding hydrogens is 379 g/mol. The summed E-state index contributed by atoms with van der Waals surface area (Å²) in [5, 5.41) is 6.80. The van der Waals surface area contributed by atoms with Crippen LogP contribution in [0.4, 0.5) is 0 Å². The molecule has 1 aliphatic heterocycles. The molecule has 0 amide bonds. The standard InChI is InChI=1S/C15H30N4O.HI/c1-3-20-10-4-8-17-15(16-2)18-11-13-7-9-19(12-13)14-5-6-14;/h13-14H,3-12H2,1-2H3,(H2,16,17,18);1H. The van der Waals surface area contributed by atoms with Gasteiger partial charge >= 0.3 is 0 Å². The number of hydrogen-bond acceptors (Lipinski definition) is 3. The lowest BCUT2D eigenvalue weighted by molar-refractivity contribution is 0.145. The third-order valence-corrected chi connectivity index (χ3v) is 4.12. The molecule has 124 valence electrons. The van der Waals surface area contributed by atoms with Crippen LogP contribution in [0.15, 0.2) is 4.99 Å². The molecule has 2 N–H and O–H groups in total. The molecule has 6 heteroatoms. The predicted octanol–water partition coefficient (Wildman–Crippen LogP) is 1.68. The number of nitrogens with zero attached hydrogens (tertiary/aromatic N) is 2. The van der Waals surface area contributed by atoms with E-state index < -0.39 is 0 Å². The molecule has 0 aromatic rings. The zero-order chi connectivity index (χ0) is 14.2. The van der Waals surface area contributed by atoms with Gasteiger partial charge in [-0.3, -0.25) is 4.99 Å². The summed E-state index contributed by atoms with van der Waals surface area (Å²) in [6.07, 6.45) is 5.19. The molecule has 0 radical (unpaired) electrons. The van der Waals surface area contributed by atoms with Gasteiger partial charge in [0, 0.05) is 45.9 Å². The van der Waals surface area contributed by atoms with Crippen molar-refractivity contribution in [3.8, 4) is 0 Å². The third kappa shape index (κ3) is 7.15. The minimum Gasteiger partial charge on any atom is -0.382 e. The number of aliphatic imine (C=N–C) groups is 1. The number of likely N-dealkylation sites (tertiary alicyclic amines) is 1. The Labute approximate surface area is 146 Å². The molecule has 1 saturated heterocycles. The van der Waals surface area contributed by atoms with E-state index in [1.807, 2.05) is 14.0 Å². The van der Waals surface area contributed by atoms with E-state index in [0.29, 0.717) is 0 Å². The number of halogens is 1. The summed E-state index contributed by atoms with van der Waals surface area (Å²) in [6.45, 7) is 8.15. The summed E-state index contributed by atoms with van der Waals surface area (Å²) in [5.74, 6) is 1.70. The zero-order valence-electron chi connectivity index (χ0n) is 13.4. The fourth-order valence-corrected chi connectivity index (χ4v) is 2.79. The molecule has 0 bridgehead atoms. The lowest BCUT2D eigenvalue weighted by Crippen LogP contribution is -2.40. The highest BCUT2D eigenvalue weighted by atomic mass is 127. The van der Waals surface area contributed by atoms with Gasteiger partial charge in [-0.15, -0.1) is 24.0 Å². The maximum absolute atomic E-state index is 5.32. The Morgan fingerprint density at radius 2 is 2.10 bits per heavy atom. The number of hydrogen-bond donors (Lipinski definition) is 2. The van der Waals surface area contributed by atoms with E-state index in [-0.39, 0.29) is 24.0 Å². The lowest BCUT2D eigenvalue weighted by Gasteiger charge is -2.17. The summed E-state index contributed by atoms with van der Waals surface area (Å²) >= 11 is 0. The highest BCUT2D eigenvalue weighted by Gasteiger charge is 2.34. The van der Waals surface area contributed by atoms with Crippen molar-refractivity contribution in [3.05, 3.63) is 0 Å². The Bertz CT molecular complexity index is 310. The van der Waals surface area contributed by atoms with Crippen molar-refractivity contribution >= 4 is 29.9 Å². The van der Waals surface area contributed by atoms with E-state index >= 15 is 0 Å². The molecule has 21 heavy (non-hydrogen) atoms. The number of rotatable bonds is 8. The number of nitrogens with one attached hydrogen (secondary N) is 2. The average Bonchev–Trinajstić information content (AvgIpc) is 3.21. The van der Waals surface area contributed by atoms with Crippen LogP contribution in [-0.2, 0) is 4.74 Å². The molecule has 1 heterocycles. The molecule has 1 saturated carbocycles. The second kappa shape index (κ2) is 10.6. The van der Waals surface area contributed by atoms with Gasteiger partial charge in [-0.2, -0.15) is 0 Å². The van der Waals surface area contributed by atoms with E-state index in [4.69, 9.17) is 4.74 Å². The molecule has 1 aliphatic carbocycles. The largest absolute Gasteiger partial charge is 0.382 e. The van der Waals surface area contributed by atoms with Crippen LogP contribution in [-0.4, -0.2) is 63.3 Å². The first-order valence-corrected chi connectivity index (χ1v) is 8.09. The Balaban J connectivity index is 0.00000220. The Morgan fingerprint density at radius 1 is 1.29 bits per heavy atom. The first kappa shape index (κ1) is 19.0. The van der Waals surface area contributed by atoms with Gasteiger partial charge in [-0.05, 0) is 45.1 Å². The molecule has 2 fully saturated rings. The second-order valence-corrected chi connectivity index (χ2v) is 5.81. The van der Waals surface area contributed by atoms with E-state index in [9.17, 15) is 0 Å². The third-order valence-electron chi connectivity index (χ3n) is 4.12. The van der Waals surface area contributed by atoms with Crippen molar-refractivity contribution in [3.63, 3.8) is 0 Å². The Morgan fingerprint density at radius 3 is 2.76 bits per heavy atom. The Kier molecular flexibility index (Phi) is 9.59. The van der Waals surface area contributed by atoms with E-state index in [1.54, 1.807) is 0 Å². The van der Waals surface area contributed by atoms with E-state index in [0.717, 1.165) is 50.6 Å². The number of guanidine groups is 1. The molecule has 0 aromatic carbocycles. The fraction of sp³-hybridized carbons (Fsp3) is 0.933. The van der Waals surface area contributed by atoms with E-state index in [2.05, 4.69) is 20.5 Å². The van der Waals surface area contributed by atoms with Crippen molar-refractivity contribution in [1.29, 1.82) is 0 Å². The van der Waals surface area contributed by atoms with Gasteiger partial charge in [0.25, 0.3) is 0 Å². The van der Waals surface area contributed by atoms with Gasteiger partial charge in [0.2, 0.25) is 0 Å². The van der Waals surface area contributed by atoms with Crippen LogP contribution in [0, 0.1) is 5.92 Å². The fourth-order valence-electron chi connectivity index (χ4n) is 2.79. The van der Waals surface area contributed by atoms with Gasteiger partial charge in [0.15, 0.2) is 5.96 Å². The lowest BCUT2D eigenvalue weighted by atomic mass is 10.1. The molecule has 2 aliphatic rings. The van der Waals surface area contributed by atoms with Crippen LogP contribution in [0.3, 0.4) is 0 Å². The van der Waals surface area contributed by atoms with Gasteiger partial charge in [0.1, 0.15) is 0 Å². The summed E-state index contributed by atoms with van der Waals surface area (Å²) in [6, 6.07) is 0.913. The average molecular weight is 410 g/mol. The maximum Gasteiger partial charge on any atom is 0.190 e. The summed E-state index contributed by atoms with van der Waals surface area (Å²) in [5.41, 5.74) is 0. The predicted molar refractivity (Wildman–Crippen MR) is 98.6 cm³/mol. The van der Waals surface area contributed by atoms with Crippen LogP contribution in [0.2, 0.25) is 0 Å². The second-order valence-electron chi connectivity index (χ2n) is 5.81. The molecule has 2 rings (SSSR count). The van der Waals surface area contributed by atoms with Crippen LogP contribution in [0.1, 0.15) is 32.6 Å². The van der Waals surface area contributed by atoms with Gasteiger partial charge in [0.05, 0.1) is 0 Å². The van der Waals surface area contributed by atoms with Crippen molar-refractivity contribution in [2.24, 2.45) is 10.9 Å². The summed E-state index contributed by atoms with van der Waals surface area (Å²) in [4.78, 5) is 6.93. The maximum atomic E-state index is 5.32. The molecular formula is C15H31IN4O. The van der Waals surface area contributed by atoms with Crippen molar-refractivity contribution < 1.29 is 4.74 Å².